The maximum Gasteiger partial charge on any atom is 0.120 e. The normalized spacial score (nSPS) is 16.8. The molecule has 0 saturated heterocycles. The van der Waals surface area contributed by atoms with Gasteiger partial charge in [0.15, 0.2) is 0 Å². The lowest BCUT2D eigenvalue weighted by atomic mass is 10.1. The average molecular weight is 322 g/mol. The zero-order chi connectivity index (χ0) is 14.8. The van der Waals surface area contributed by atoms with E-state index in [-0.39, 0.29) is 0 Å². The molecule has 2 nitrogen and oxygen atoms in total. The zero-order valence-electron chi connectivity index (χ0n) is 11.8. The number of rotatable bonds is 4. The first-order valence-electron chi connectivity index (χ1n) is 7.04. The van der Waals surface area contributed by atoms with Gasteiger partial charge in [0.2, 0.25) is 0 Å². The molecule has 1 unspecified atom stereocenters. The minimum atomic E-state index is 0.476. The topological polar surface area (TPSA) is 21.3 Å². The second-order valence-corrected chi connectivity index (χ2v) is 6.09. The number of hydrogen-bond acceptors (Lipinski definition) is 2. The molecular formula is C17H17Cl2NO. The predicted molar refractivity (Wildman–Crippen MR) is 87.4 cm³/mol. The van der Waals surface area contributed by atoms with Crippen molar-refractivity contribution in [3.8, 4) is 5.75 Å². The van der Waals surface area contributed by atoms with E-state index in [2.05, 4.69) is 17.4 Å². The summed E-state index contributed by atoms with van der Waals surface area (Å²) in [6.45, 7) is 0.491. The van der Waals surface area contributed by atoms with Crippen LogP contribution in [0.1, 0.15) is 29.2 Å². The van der Waals surface area contributed by atoms with E-state index in [1.807, 2.05) is 25.2 Å². The van der Waals surface area contributed by atoms with Crippen molar-refractivity contribution in [2.45, 2.75) is 25.5 Å². The Bertz CT molecular complexity index is 657. The molecule has 1 aliphatic carbocycles. The highest BCUT2D eigenvalue weighted by Gasteiger charge is 2.21. The van der Waals surface area contributed by atoms with Crippen molar-refractivity contribution in [2.75, 3.05) is 7.05 Å². The first kappa shape index (κ1) is 14.7. The zero-order valence-corrected chi connectivity index (χ0v) is 13.3. The van der Waals surface area contributed by atoms with Gasteiger partial charge in [-0.1, -0.05) is 35.3 Å². The highest BCUT2D eigenvalue weighted by Crippen LogP contribution is 2.33. The van der Waals surface area contributed by atoms with Crippen LogP contribution in [0.3, 0.4) is 0 Å². The molecule has 0 heterocycles. The summed E-state index contributed by atoms with van der Waals surface area (Å²) in [6.07, 6.45) is 2.26. The first-order chi connectivity index (χ1) is 10.2. The molecule has 0 fully saturated rings. The number of halogens is 2. The monoisotopic (exact) mass is 321 g/mol. The third-order valence-electron chi connectivity index (χ3n) is 3.93. The molecule has 1 N–H and O–H groups in total. The van der Waals surface area contributed by atoms with Gasteiger partial charge in [-0.25, -0.2) is 0 Å². The molecular weight excluding hydrogens is 305 g/mol. The third-order valence-corrected chi connectivity index (χ3v) is 4.67. The van der Waals surface area contributed by atoms with Crippen molar-refractivity contribution in [1.82, 2.24) is 5.32 Å². The van der Waals surface area contributed by atoms with Gasteiger partial charge in [-0.05, 0) is 60.8 Å². The number of fused-ring (bicyclic) bond motifs is 1. The lowest BCUT2D eigenvalue weighted by Gasteiger charge is -2.12. The molecule has 3 rings (SSSR count). The number of aryl methyl sites for hydroxylation is 1. The van der Waals surface area contributed by atoms with Gasteiger partial charge in [-0.3, -0.25) is 0 Å². The van der Waals surface area contributed by atoms with Gasteiger partial charge in [-0.15, -0.1) is 0 Å². The van der Waals surface area contributed by atoms with E-state index in [0.717, 1.165) is 24.2 Å². The van der Waals surface area contributed by atoms with Crippen LogP contribution in [-0.2, 0) is 13.0 Å². The highest BCUT2D eigenvalue weighted by molar-refractivity contribution is 6.42. The molecule has 110 valence electrons. The van der Waals surface area contributed by atoms with E-state index in [9.17, 15) is 0 Å². The van der Waals surface area contributed by atoms with Crippen molar-refractivity contribution in [3.63, 3.8) is 0 Å². The predicted octanol–water partition coefficient (Wildman–Crippen LogP) is 4.78. The molecule has 0 amide bonds. The molecule has 2 aromatic rings. The molecule has 0 radical (unpaired) electrons. The van der Waals surface area contributed by atoms with Gasteiger partial charge in [0.05, 0.1) is 10.0 Å². The van der Waals surface area contributed by atoms with Crippen molar-refractivity contribution in [2.24, 2.45) is 0 Å². The molecule has 0 aromatic heterocycles. The summed E-state index contributed by atoms with van der Waals surface area (Å²) in [5, 5.41) is 4.47. The molecule has 0 saturated carbocycles. The summed E-state index contributed by atoms with van der Waals surface area (Å²) in [6, 6.07) is 12.4. The van der Waals surface area contributed by atoms with Crippen LogP contribution in [-0.4, -0.2) is 7.05 Å². The summed E-state index contributed by atoms with van der Waals surface area (Å²) in [7, 11) is 2.01. The van der Waals surface area contributed by atoms with E-state index in [1.54, 1.807) is 6.07 Å². The number of nitrogens with one attached hydrogen (secondary N) is 1. The molecule has 4 heteroatoms. The maximum absolute atomic E-state index is 6.01. The van der Waals surface area contributed by atoms with Crippen LogP contribution in [0.15, 0.2) is 36.4 Å². The maximum atomic E-state index is 6.01. The largest absolute Gasteiger partial charge is 0.489 e. The Morgan fingerprint density at radius 3 is 2.76 bits per heavy atom. The first-order valence-corrected chi connectivity index (χ1v) is 7.80. The third kappa shape index (κ3) is 3.18. The minimum Gasteiger partial charge on any atom is -0.489 e. The molecule has 1 aliphatic rings. The highest BCUT2D eigenvalue weighted by atomic mass is 35.5. The Morgan fingerprint density at radius 1 is 1.14 bits per heavy atom. The fourth-order valence-electron chi connectivity index (χ4n) is 2.78. The van der Waals surface area contributed by atoms with Gasteiger partial charge in [0.1, 0.15) is 12.4 Å². The Kier molecular flexibility index (Phi) is 4.39. The van der Waals surface area contributed by atoms with E-state index in [1.165, 1.54) is 11.1 Å². The molecule has 2 aromatic carbocycles. The molecule has 0 aliphatic heterocycles. The molecule has 1 atom stereocenters. The quantitative estimate of drug-likeness (QED) is 0.875. The standard InChI is InChI=1S/C17H17Cl2NO/c1-20-17-7-3-12-9-13(4-5-14(12)17)21-10-11-2-6-15(18)16(19)8-11/h2,4-6,8-9,17,20H,3,7,10H2,1H3. The Balaban J connectivity index is 1.70. The summed E-state index contributed by atoms with van der Waals surface area (Å²) >= 11 is 11.9. The second kappa shape index (κ2) is 6.27. The Morgan fingerprint density at radius 2 is 2.00 bits per heavy atom. The van der Waals surface area contributed by atoms with Gasteiger partial charge in [0.25, 0.3) is 0 Å². The van der Waals surface area contributed by atoms with Crippen LogP contribution in [0.2, 0.25) is 10.0 Å². The van der Waals surface area contributed by atoms with Gasteiger partial charge in [-0.2, -0.15) is 0 Å². The van der Waals surface area contributed by atoms with E-state index < -0.39 is 0 Å². The van der Waals surface area contributed by atoms with E-state index >= 15 is 0 Å². The molecule has 0 spiro atoms. The van der Waals surface area contributed by atoms with Crippen molar-refractivity contribution in [1.29, 1.82) is 0 Å². The molecule has 0 bridgehead atoms. The van der Waals surface area contributed by atoms with Crippen LogP contribution in [0, 0.1) is 0 Å². The average Bonchev–Trinajstić information content (AvgIpc) is 2.90. The summed E-state index contributed by atoms with van der Waals surface area (Å²) in [5.41, 5.74) is 3.78. The fraction of sp³-hybridized carbons (Fsp3) is 0.294. The van der Waals surface area contributed by atoms with Crippen LogP contribution in [0.25, 0.3) is 0 Å². The molecule has 21 heavy (non-hydrogen) atoms. The van der Waals surface area contributed by atoms with Crippen molar-refractivity contribution >= 4 is 23.2 Å². The van der Waals surface area contributed by atoms with Crippen LogP contribution in [0.5, 0.6) is 5.75 Å². The minimum absolute atomic E-state index is 0.476. The summed E-state index contributed by atoms with van der Waals surface area (Å²) in [4.78, 5) is 0. The van der Waals surface area contributed by atoms with Crippen LogP contribution in [0.4, 0.5) is 0 Å². The van der Waals surface area contributed by atoms with Crippen LogP contribution >= 0.6 is 23.2 Å². The second-order valence-electron chi connectivity index (χ2n) is 5.28. The number of hydrogen-bond donors (Lipinski definition) is 1. The Hall–Kier alpha value is -1.22. The van der Waals surface area contributed by atoms with Gasteiger partial charge >= 0.3 is 0 Å². The van der Waals surface area contributed by atoms with Crippen LogP contribution < -0.4 is 10.1 Å². The number of ether oxygens (including phenoxy) is 1. The van der Waals surface area contributed by atoms with Crippen molar-refractivity contribution < 1.29 is 4.74 Å². The van der Waals surface area contributed by atoms with E-state index in [0.29, 0.717) is 22.7 Å². The number of benzene rings is 2. The van der Waals surface area contributed by atoms with E-state index in [4.69, 9.17) is 27.9 Å². The van der Waals surface area contributed by atoms with Gasteiger partial charge in [0, 0.05) is 6.04 Å². The van der Waals surface area contributed by atoms with Gasteiger partial charge < -0.3 is 10.1 Å². The Labute approximate surface area is 135 Å². The van der Waals surface area contributed by atoms with Crippen molar-refractivity contribution in [3.05, 3.63) is 63.1 Å². The lowest BCUT2D eigenvalue weighted by Crippen LogP contribution is -2.12. The lowest BCUT2D eigenvalue weighted by molar-refractivity contribution is 0.306. The SMILES string of the molecule is CNC1CCc2cc(OCc3ccc(Cl)c(Cl)c3)ccc21. The fourth-order valence-corrected chi connectivity index (χ4v) is 3.10. The summed E-state index contributed by atoms with van der Waals surface area (Å²) < 4.78 is 5.86. The smallest absolute Gasteiger partial charge is 0.120 e. The summed E-state index contributed by atoms with van der Waals surface area (Å²) in [5.74, 6) is 0.900.